The molecule has 0 amide bonds. The molecule has 1 N–H and O–H groups in total. The highest BCUT2D eigenvalue weighted by atomic mass is 32.2. The number of benzene rings is 1. The number of carboxylic acids is 1. The van der Waals surface area contributed by atoms with Crippen LogP contribution in [-0.4, -0.2) is 31.9 Å². The standard InChI is InChI=1S/C13H16O5S/c1-13(2)7-11(12(14)15)19(16,17)10-5-4-8(18-3)6-9(10)13/h4-6,11H,7H2,1-3H3,(H,14,15). The van der Waals surface area contributed by atoms with Crippen molar-refractivity contribution in [2.75, 3.05) is 7.11 Å². The van der Waals surface area contributed by atoms with E-state index in [1.54, 1.807) is 6.07 Å². The number of methoxy groups -OCH3 is 1. The van der Waals surface area contributed by atoms with Gasteiger partial charge in [0.2, 0.25) is 0 Å². The van der Waals surface area contributed by atoms with Crippen LogP contribution in [0.2, 0.25) is 0 Å². The summed E-state index contributed by atoms with van der Waals surface area (Å²) in [6.07, 6.45) is 0.0604. The molecule has 1 aromatic carbocycles. The van der Waals surface area contributed by atoms with Crippen LogP contribution in [0.25, 0.3) is 0 Å². The first kappa shape index (κ1) is 13.9. The van der Waals surface area contributed by atoms with Gasteiger partial charge in [-0.25, -0.2) is 8.42 Å². The van der Waals surface area contributed by atoms with Crippen molar-refractivity contribution in [1.82, 2.24) is 0 Å². The van der Waals surface area contributed by atoms with Gasteiger partial charge in [0.05, 0.1) is 12.0 Å². The first-order valence-electron chi connectivity index (χ1n) is 5.85. The number of ether oxygens (including phenoxy) is 1. The van der Waals surface area contributed by atoms with Crippen molar-refractivity contribution in [2.45, 2.75) is 35.8 Å². The first-order chi connectivity index (χ1) is 8.70. The van der Waals surface area contributed by atoms with Crippen molar-refractivity contribution in [2.24, 2.45) is 0 Å². The van der Waals surface area contributed by atoms with Crippen molar-refractivity contribution in [3.63, 3.8) is 0 Å². The van der Waals surface area contributed by atoms with E-state index in [1.807, 2.05) is 13.8 Å². The van der Waals surface area contributed by atoms with E-state index < -0.39 is 26.5 Å². The summed E-state index contributed by atoms with van der Waals surface area (Å²) in [5.74, 6) is -0.731. The predicted octanol–water partition coefficient (Wildman–Crippen LogP) is 1.60. The van der Waals surface area contributed by atoms with Gasteiger partial charge in [-0.3, -0.25) is 4.79 Å². The largest absolute Gasteiger partial charge is 0.497 e. The van der Waals surface area contributed by atoms with Crippen LogP contribution in [0, 0.1) is 0 Å². The van der Waals surface area contributed by atoms with E-state index in [1.165, 1.54) is 19.2 Å². The third-order valence-corrected chi connectivity index (χ3v) is 5.65. The summed E-state index contributed by atoms with van der Waals surface area (Å²) in [5.41, 5.74) is 0.0856. The molecule has 6 heteroatoms. The second kappa shape index (κ2) is 4.23. The smallest absolute Gasteiger partial charge is 0.322 e. The lowest BCUT2D eigenvalue weighted by atomic mass is 9.80. The number of aliphatic carboxylic acids is 1. The molecule has 104 valence electrons. The Morgan fingerprint density at radius 1 is 1.42 bits per heavy atom. The molecule has 0 spiro atoms. The van der Waals surface area contributed by atoms with Crippen molar-refractivity contribution in [3.05, 3.63) is 23.8 Å². The van der Waals surface area contributed by atoms with Crippen LogP contribution in [0.4, 0.5) is 0 Å². The van der Waals surface area contributed by atoms with Crippen LogP contribution in [0.5, 0.6) is 5.75 Å². The maximum atomic E-state index is 12.3. The van der Waals surface area contributed by atoms with Gasteiger partial charge in [0.25, 0.3) is 0 Å². The molecule has 0 aromatic heterocycles. The molecule has 0 saturated heterocycles. The minimum Gasteiger partial charge on any atom is -0.497 e. The van der Waals surface area contributed by atoms with E-state index in [4.69, 9.17) is 9.84 Å². The topological polar surface area (TPSA) is 80.7 Å². The zero-order valence-corrected chi connectivity index (χ0v) is 11.8. The summed E-state index contributed by atoms with van der Waals surface area (Å²) in [6.45, 7) is 3.69. The van der Waals surface area contributed by atoms with Gasteiger partial charge in [0.1, 0.15) is 5.75 Å². The predicted molar refractivity (Wildman–Crippen MR) is 69.2 cm³/mol. The molecule has 5 nitrogen and oxygen atoms in total. The first-order valence-corrected chi connectivity index (χ1v) is 7.40. The summed E-state index contributed by atoms with van der Waals surface area (Å²) >= 11 is 0. The molecule has 1 aliphatic rings. The van der Waals surface area contributed by atoms with Crippen molar-refractivity contribution >= 4 is 15.8 Å². The van der Waals surface area contributed by atoms with E-state index >= 15 is 0 Å². The maximum absolute atomic E-state index is 12.3. The van der Waals surface area contributed by atoms with E-state index in [0.717, 1.165) is 0 Å². The van der Waals surface area contributed by atoms with Gasteiger partial charge in [0.15, 0.2) is 15.1 Å². The molecule has 1 aromatic rings. The van der Waals surface area contributed by atoms with E-state index in [9.17, 15) is 13.2 Å². The summed E-state index contributed by atoms with van der Waals surface area (Å²) in [5, 5.41) is 7.74. The Kier molecular flexibility index (Phi) is 3.09. The average molecular weight is 284 g/mol. The van der Waals surface area contributed by atoms with E-state index in [2.05, 4.69) is 0 Å². The van der Waals surface area contributed by atoms with Gasteiger partial charge in [-0.15, -0.1) is 0 Å². The molecular weight excluding hydrogens is 268 g/mol. The molecule has 1 aliphatic heterocycles. The fourth-order valence-electron chi connectivity index (χ4n) is 2.47. The summed E-state index contributed by atoms with van der Waals surface area (Å²) in [6, 6.07) is 4.64. The lowest BCUT2D eigenvalue weighted by Crippen LogP contribution is -2.42. The lowest BCUT2D eigenvalue weighted by molar-refractivity contribution is -0.137. The van der Waals surface area contributed by atoms with Gasteiger partial charge in [-0.2, -0.15) is 0 Å². The van der Waals surface area contributed by atoms with Gasteiger partial charge in [-0.1, -0.05) is 13.8 Å². The molecule has 1 atom stereocenters. The highest BCUT2D eigenvalue weighted by Gasteiger charge is 2.46. The van der Waals surface area contributed by atoms with Crippen LogP contribution < -0.4 is 4.74 Å². The Hall–Kier alpha value is -1.56. The number of hydrogen-bond acceptors (Lipinski definition) is 4. The molecule has 1 heterocycles. The normalized spacial score (nSPS) is 23.4. The zero-order chi connectivity index (χ0) is 14.4. The molecule has 0 saturated carbocycles. The highest BCUT2D eigenvalue weighted by Crippen LogP contribution is 2.43. The number of carbonyl (C=O) groups is 1. The van der Waals surface area contributed by atoms with Gasteiger partial charge in [-0.05, 0) is 35.6 Å². The van der Waals surface area contributed by atoms with Gasteiger partial charge < -0.3 is 9.84 Å². The van der Waals surface area contributed by atoms with Crippen LogP contribution in [0.1, 0.15) is 25.8 Å². The molecule has 0 radical (unpaired) electrons. The van der Waals surface area contributed by atoms with Crippen molar-refractivity contribution in [1.29, 1.82) is 0 Å². The fourth-order valence-corrected chi connectivity index (χ4v) is 4.58. The molecule has 0 bridgehead atoms. The quantitative estimate of drug-likeness (QED) is 0.892. The average Bonchev–Trinajstić information content (AvgIpc) is 2.33. The molecule has 1 unspecified atom stereocenters. The van der Waals surface area contributed by atoms with Gasteiger partial charge >= 0.3 is 5.97 Å². The van der Waals surface area contributed by atoms with Crippen LogP contribution in [0.15, 0.2) is 23.1 Å². The zero-order valence-electron chi connectivity index (χ0n) is 11.0. The summed E-state index contributed by atoms with van der Waals surface area (Å²) in [4.78, 5) is 11.3. The minimum absolute atomic E-state index is 0.0604. The molecule has 0 fully saturated rings. The number of sulfone groups is 1. The van der Waals surface area contributed by atoms with Crippen LogP contribution >= 0.6 is 0 Å². The Morgan fingerprint density at radius 2 is 2.05 bits per heavy atom. The second-order valence-electron chi connectivity index (χ2n) is 5.32. The highest BCUT2D eigenvalue weighted by molar-refractivity contribution is 7.93. The molecular formula is C13H16O5S. The van der Waals surface area contributed by atoms with E-state index in [-0.39, 0.29) is 11.3 Å². The summed E-state index contributed by atoms with van der Waals surface area (Å²) in [7, 11) is -2.33. The number of fused-ring (bicyclic) bond motifs is 1. The van der Waals surface area contributed by atoms with Crippen LogP contribution in [0.3, 0.4) is 0 Å². The Balaban J connectivity index is 2.72. The molecule has 19 heavy (non-hydrogen) atoms. The minimum atomic E-state index is -3.83. The third kappa shape index (κ3) is 2.10. The molecule has 0 aliphatic carbocycles. The molecule has 2 rings (SSSR count). The van der Waals surface area contributed by atoms with Gasteiger partial charge in [0, 0.05) is 0 Å². The summed E-state index contributed by atoms with van der Waals surface area (Å²) < 4.78 is 29.7. The Morgan fingerprint density at radius 3 is 2.58 bits per heavy atom. The number of carboxylic acid groups (broad SMARTS) is 1. The van der Waals surface area contributed by atoms with Crippen molar-refractivity contribution < 1.29 is 23.1 Å². The number of hydrogen-bond donors (Lipinski definition) is 1. The van der Waals surface area contributed by atoms with Crippen LogP contribution in [-0.2, 0) is 20.0 Å². The fraction of sp³-hybridized carbons (Fsp3) is 0.462. The Bertz CT molecular complexity index is 630. The number of rotatable bonds is 2. The van der Waals surface area contributed by atoms with Crippen molar-refractivity contribution in [3.8, 4) is 5.75 Å². The maximum Gasteiger partial charge on any atom is 0.322 e. The SMILES string of the molecule is COc1ccc2c(c1)C(C)(C)CC(C(=O)O)S2(=O)=O. The van der Waals surface area contributed by atoms with E-state index in [0.29, 0.717) is 11.3 Å². The lowest BCUT2D eigenvalue weighted by Gasteiger charge is -2.35. The second-order valence-corrected chi connectivity index (χ2v) is 7.42. The Labute approximate surface area is 112 Å². The third-order valence-electron chi connectivity index (χ3n) is 3.57. The monoisotopic (exact) mass is 284 g/mol.